The van der Waals surface area contributed by atoms with Crippen LogP contribution in [0.25, 0.3) is 0 Å². The van der Waals surface area contributed by atoms with Gasteiger partial charge in [0.15, 0.2) is 0 Å². The van der Waals surface area contributed by atoms with Gasteiger partial charge in [0.2, 0.25) is 0 Å². The van der Waals surface area contributed by atoms with Crippen LogP contribution in [0.3, 0.4) is 0 Å². The molecule has 0 saturated carbocycles. The molecular formula is C18H26ClIN4. The highest BCUT2D eigenvalue weighted by molar-refractivity contribution is 14.1. The molecule has 0 unspecified atom stereocenters. The van der Waals surface area contributed by atoms with E-state index in [1.54, 1.807) is 0 Å². The van der Waals surface area contributed by atoms with Crippen LogP contribution in [0.5, 0.6) is 0 Å². The van der Waals surface area contributed by atoms with Crippen LogP contribution >= 0.6 is 34.5 Å². The summed E-state index contributed by atoms with van der Waals surface area (Å²) >= 11 is 8.79. The summed E-state index contributed by atoms with van der Waals surface area (Å²) in [6.45, 7) is 10.4. The molecule has 0 aliphatic carbocycles. The van der Waals surface area contributed by atoms with Crippen LogP contribution in [-0.4, -0.2) is 71.3 Å². The SMILES string of the molecule is Clc1ccc(CN2CCN(I)CC2)c(N2CCN3CCC[C@@H]3C2)c1. The number of hydrogen-bond donors (Lipinski definition) is 0. The maximum Gasteiger partial charge on any atom is 0.0427 e. The predicted molar refractivity (Wildman–Crippen MR) is 109 cm³/mol. The van der Waals surface area contributed by atoms with Crippen LogP contribution in [0, 0.1) is 0 Å². The van der Waals surface area contributed by atoms with E-state index in [0.29, 0.717) is 0 Å². The van der Waals surface area contributed by atoms with E-state index in [1.165, 1.54) is 37.2 Å². The van der Waals surface area contributed by atoms with E-state index in [2.05, 4.69) is 58.9 Å². The first-order valence-corrected chi connectivity index (χ1v) is 10.4. The van der Waals surface area contributed by atoms with Crippen molar-refractivity contribution in [2.24, 2.45) is 0 Å². The van der Waals surface area contributed by atoms with Gasteiger partial charge in [-0.15, -0.1) is 0 Å². The van der Waals surface area contributed by atoms with Crippen LogP contribution in [0.2, 0.25) is 5.02 Å². The first-order chi connectivity index (χ1) is 11.7. The normalized spacial score (nSPS) is 26.8. The molecule has 6 heteroatoms. The first kappa shape index (κ1) is 17.3. The second kappa shape index (κ2) is 7.66. The van der Waals surface area contributed by atoms with Gasteiger partial charge < -0.3 is 4.90 Å². The van der Waals surface area contributed by atoms with Crippen molar-refractivity contribution >= 4 is 40.2 Å². The zero-order chi connectivity index (χ0) is 16.5. The van der Waals surface area contributed by atoms with Crippen molar-refractivity contribution < 1.29 is 0 Å². The van der Waals surface area contributed by atoms with Gasteiger partial charge in [0, 0.05) is 92.0 Å². The van der Waals surface area contributed by atoms with Gasteiger partial charge in [-0.2, -0.15) is 0 Å². The Kier molecular flexibility index (Phi) is 5.53. The Morgan fingerprint density at radius 1 is 1.04 bits per heavy atom. The number of hydrogen-bond acceptors (Lipinski definition) is 4. The van der Waals surface area contributed by atoms with E-state index in [0.717, 1.165) is 56.9 Å². The quantitative estimate of drug-likeness (QED) is 0.508. The Morgan fingerprint density at radius 2 is 1.88 bits per heavy atom. The molecule has 0 amide bonds. The van der Waals surface area contributed by atoms with E-state index in [4.69, 9.17) is 11.6 Å². The second-order valence-corrected chi connectivity index (χ2v) is 9.04. The summed E-state index contributed by atoms with van der Waals surface area (Å²) in [6, 6.07) is 7.24. The number of anilines is 1. The third-order valence-corrected chi connectivity index (χ3v) is 6.89. The van der Waals surface area contributed by atoms with E-state index in [1.807, 2.05) is 0 Å². The highest BCUT2D eigenvalue weighted by Crippen LogP contribution is 2.31. The van der Waals surface area contributed by atoms with E-state index in [-0.39, 0.29) is 0 Å². The molecule has 3 heterocycles. The maximum absolute atomic E-state index is 6.35. The summed E-state index contributed by atoms with van der Waals surface area (Å²) in [5.41, 5.74) is 2.80. The minimum Gasteiger partial charge on any atom is -0.368 e. The summed E-state index contributed by atoms with van der Waals surface area (Å²) in [5, 5.41) is 0.861. The smallest absolute Gasteiger partial charge is 0.0427 e. The largest absolute Gasteiger partial charge is 0.368 e. The zero-order valence-electron chi connectivity index (χ0n) is 14.1. The number of benzene rings is 1. The van der Waals surface area contributed by atoms with E-state index in [9.17, 15) is 0 Å². The Labute approximate surface area is 164 Å². The molecule has 1 aromatic rings. The number of halogens is 2. The van der Waals surface area contributed by atoms with Crippen molar-refractivity contribution in [2.45, 2.75) is 25.4 Å². The van der Waals surface area contributed by atoms with Gasteiger partial charge in [0.1, 0.15) is 0 Å². The zero-order valence-corrected chi connectivity index (χ0v) is 17.0. The standard InChI is InChI=1S/C18H26ClIN4/c19-16-4-3-15(13-21-6-10-24(20)11-7-21)18(12-16)23-9-8-22-5-1-2-17(22)14-23/h3-4,12,17H,1-2,5-11,13-14H2/t17-/m1/s1. The lowest BCUT2D eigenvalue weighted by Gasteiger charge is -2.40. The average molecular weight is 461 g/mol. The fourth-order valence-electron chi connectivity index (χ4n) is 4.30. The van der Waals surface area contributed by atoms with Crippen LogP contribution in [-0.2, 0) is 6.54 Å². The van der Waals surface area contributed by atoms with Gasteiger partial charge in [0.25, 0.3) is 0 Å². The molecule has 4 rings (SSSR count). The van der Waals surface area contributed by atoms with Gasteiger partial charge >= 0.3 is 0 Å². The van der Waals surface area contributed by atoms with Gasteiger partial charge in [-0.3, -0.25) is 9.80 Å². The van der Waals surface area contributed by atoms with Crippen LogP contribution < -0.4 is 4.90 Å². The van der Waals surface area contributed by atoms with Gasteiger partial charge in [-0.1, -0.05) is 17.7 Å². The molecule has 0 bridgehead atoms. The average Bonchev–Trinajstić information content (AvgIpc) is 3.06. The fourth-order valence-corrected chi connectivity index (χ4v) is 4.90. The molecule has 0 N–H and O–H groups in total. The molecule has 24 heavy (non-hydrogen) atoms. The van der Waals surface area contributed by atoms with Crippen molar-refractivity contribution in [3.8, 4) is 0 Å². The van der Waals surface area contributed by atoms with Crippen molar-refractivity contribution in [2.75, 3.05) is 57.3 Å². The number of rotatable bonds is 3. The third-order valence-electron chi connectivity index (χ3n) is 5.69. The lowest BCUT2D eigenvalue weighted by atomic mass is 10.1. The molecule has 0 spiro atoms. The van der Waals surface area contributed by atoms with Gasteiger partial charge in [-0.25, -0.2) is 3.11 Å². The lowest BCUT2D eigenvalue weighted by molar-refractivity contribution is 0.198. The Balaban J connectivity index is 1.50. The monoisotopic (exact) mass is 460 g/mol. The number of fused-ring (bicyclic) bond motifs is 1. The molecule has 1 atom stereocenters. The molecule has 3 fully saturated rings. The molecule has 3 aliphatic rings. The van der Waals surface area contributed by atoms with E-state index < -0.39 is 0 Å². The highest BCUT2D eigenvalue weighted by atomic mass is 127. The molecule has 3 aliphatic heterocycles. The fraction of sp³-hybridized carbons (Fsp3) is 0.667. The van der Waals surface area contributed by atoms with E-state index >= 15 is 0 Å². The molecule has 132 valence electrons. The van der Waals surface area contributed by atoms with Crippen LogP contribution in [0.4, 0.5) is 5.69 Å². The summed E-state index contributed by atoms with van der Waals surface area (Å²) < 4.78 is 2.39. The summed E-state index contributed by atoms with van der Waals surface area (Å²) in [7, 11) is 0. The number of piperazine rings is 2. The van der Waals surface area contributed by atoms with Crippen molar-refractivity contribution in [3.05, 3.63) is 28.8 Å². The molecule has 4 nitrogen and oxygen atoms in total. The molecular weight excluding hydrogens is 435 g/mol. The second-order valence-electron chi connectivity index (χ2n) is 7.24. The Morgan fingerprint density at radius 3 is 2.71 bits per heavy atom. The third kappa shape index (κ3) is 3.85. The van der Waals surface area contributed by atoms with Crippen LogP contribution in [0.15, 0.2) is 18.2 Å². The Bertz CT molecular complexity index is 576. The molecule has 0 aromatic heterocycles. The van der Waals surface area contributed by atoms with Crippen molar-refractivity contribution in [1.29, 1.82) is 0 Å². The van der Waals surface area contributed by atoms with Crippen molar-refractivity contribution in [1.82, 2.24) is 12.9 Å². The highest BCUT2D eigenvalue weighted by Gasteiger charge is 2.31. The summed E-state index contributed by atoms with van der Waals surface area (Å²) in [5.74, 6) is 0. The molecule has 3 saturated heterocycles. The molecule has 1 aromatic carbocycles. The Hall–Kier alpha value is -0.0800. The van der Waals surface area contributed by atoms with Crippen LogP contribution in [0.1, 0.15) is 18.4 Å². The molecule has 0 radical (unpaired) electrons. The maximum atomic E-state index is 6.35. The van der Waals surface area contributed by atoms with Gasteiger partial charge in [0.05, 0.1) is 0 Å². The van der Waals surface area contributed by atoms with Crippen molar-refractivity contribution in [3.63, 3.8) is 0 Å². The minimum atomic E-state index is 0.744. The lowest BCUT2D eigenvalue weighted by Crippen LogP contribution is -2.50. The summed E-state index contributed by atoms with van der Waals surface area (Å²) in [4.78, 5) is 7.83. The topological polar surface area (TPSA) is 13.0 Å². The first-order valence-electron chi connectivity index (χ1n) is 9.09. The number of nitrogens with zero attached hydrogens (tertiary/aromatic N) is 4. The minimum absolute atomic E-state index is 0.744. The summed E-state index contributed by atoms with van der Waals surface area (Å²) in [6.07, 6.45) is 2.71. The predicted octanol–water partition coefficient (Wildman–Crippen LogP) is 3.09. The van der Waals surface area contributed by atoms with Gasteiger partial charge in [-0.05, 0) is 37.1 Å².